The molecule has 0 spiro atoms. The summed E-state index contributed by atoms with van der Waals surface area (Å²) in [5.74, 6) is 7.91. The van der Waals surface area contributed by atoms with Crippen LogP contribution in [0, 0.1) is 22.7 Å². The fourth-order valence-corrected chi connectivity index (χ4v) is 6.61. The Morgan fingerprint density at radius 2 is 2.05 bits per heavy atom. The van der Waals surface area contributed by atoms with Crippen LogP contribution in [0.15, 0.2) is 11.8 Å². The minimum absolute atomic E-state index is 0.341. The second-order valence-corrected chi connectivity index (χ2v) is 8.40. The number of ether oxygens (including phenoxy) is 1. The third-order valence-electron chi connectivity index (χ3n) is 6.51. The predicted molar refractivity (Wildman–Crippen MR) is 79.6 cm³/mol. The Morgan fingerprint density at radius 1 is 1.30 bits per heavy atom. The third-order valence-corrected chi connectivity index (χ3v) is 6.51. The van der Waals surface area contributed by atoms with Crippen LogP contribution in [0.3, 0.4) is 0 Å². The van der Waals surface area contributed by atoms with Gasteiger partial charge in [-0.2, -0.15) is 0 Å². The number of rotatable bonds is 3. The van der Waals surface area contributed by atoms with Gasteiger partial charge in [0.15, 0.2) is 0 Å². The molecule has 4 bridgehead atoms. The van der Waals surface area contributed by atoms with Gasteiger partial charge in [-0.25, -0.2) is 0 Å². The van der Waals surface area contributed by atoms with Gasteiger partial charge < -0.3 is 4.74 Å². The highest BCUT2D eigenvalue weighted by Gasteiger charge is 2.58. The average molecular weight is 276 g/mol. The van der Waals surface area contributed by atoms with Crippen LogP contribution in [0.5, 0.6) is 0 Å². The van der Waals surface area contributed by atoms with Crippen molar-refractivity contribution in [2.75, 3.05) is 6.61 Å². The predicted octanol–water partition coefficient (Wildman–Crippen LogP) is 3.12. The quantitative estimate of drug-likeness (QED) is 0.615. The summed E-state index contributed by atoms with van der Waals surface area (Å²) in [6, 6.07) is 0.341. The molecule has 3 unspecified atom stereocenters. The Bertz CT molecular complexity index is 417. The zero-order valence-corrected chi connectivity index (χ0v) is 12.7. The molecule has 0 aromatic heterocycles. The summed E-state index contributed by atoms with van der Waals surface area (Å²) in [5.41, 5.74) is 5.60. The fraction of sp³-hybridized carbons (Fsp3) is 0.882. The standard InChI is InChI=1S/C17H28N2O/c1-16-6-12-5-13(7-16)9-17(8-12,11-16)15(19-18)14-3-2-4-20-10-14/h10,12-13,15,19H,2-9,11,18H2,1H3. The second kappa shape index (κ2) is 4.48. The van der Waals surface area contributed by atoms with Gasteiger partial charge in [-0.15, -0.1) is 0 Å². The molecule has 0 amide bonds. The Morgan fingerprint density at radius 3 is 2.60 bits per heavy atom. The normalized spacial score (nSPS) is 47.8. The smallest absolute Gasteiger partial charge is 0.0876 e. The molecule has 0 saturated heterocycles. The van der Waals surface area contributed by atoms with Crippen molar-refractivity contribution in [1.29, 1.82) is 0 Å². The molecule has 20 heavy (non-hydrogen) atoms. The molecule has 0 radical (unpaired) electrons. The number of hydrogen-bond acceptors (Lipinski definition) is 3. The van der Waals surface area contributed by atoms with Crippen LogP contribution in [-0.4, -0.2) is 12.6 Å². The van der Waals surface area contributed by atoms with Crippen molar-refractivity contribution in [1.82, 2.24) is 5.43 Å². The van der Waals surface area contributed by atoms with E-state index in [0.29, 0.717) is 16.9 Å². The highest BCUT2D eigenvalue weighted by atomic mass is 16.5. The summed E-state index contributed by atoms with van der Waals surface area (Å²) in [5, 5.41) is 0. The summed E-state index contributed by atoms with van der Waals surface area (Å²) < 4.78 is 5.60. The van der Waals surface area contributed by atoms with E-state index >= 15 is 0 Å². The molecule has 4 fully saturated rings. The maximum absolute atomic E-state index is 6.02. The molecule has 0 aromatic rings. The molecular formula is C17H28N2O. The highest BCUT2D eigenvalue weighted by Crippen LogP contribution is 2.66. The van der Waals surface area contributed by atoms with Crippen LogP contribution in [0.1, 0.15) is 58.3 Å². The van der Waals surface area contributed by atoms with Crippen molar-refractivity contribution in [3.05, 3.63) is 11.8 Å². The highest BCUT2D eigenvalue weighted by molar-refractivity contribution is 5.20. The van der Waals surface area contributed by atoms with E-state index in [0.717, 1.165) is 31.3 Å². The summed E-state index contributed by atoms with van der Waals surface area (Å²) >= 11 is 0. The Kier molecular flexibility index (Phi) is 2.94. The number of nitrogens with two attached hydrogens (primary N) is 1. The topological polar surface area (TPSA) is 47.3 Å². The molecule has 3 atom stereocenters. The molecule has 5 aliphatic rings. The molecule has 3 nitrogen and oxygen atoms in total. The van der Waals surface area contributed by atoms with Crippen molar-refractivity contribution in [3.63, 3.8) is 0 Å². The third kappa shape index (κ3) is 1.93. The molecule has 112 valence electrons. The molecule has 4 aliphatic carbocycles. The lowest BCUT2D eigenvalue weighted by atomic mass is 9.42. The molecule has 1 heterocycles. The SMILES string of the molecule is CC12CC3CC(C1)CC(C(NN)C1=COCCC1)(C3)C2. The lowest BCUT2D eigenvalue weighted by Crippen LogP contribution is -2.60. The van der Waals surface area contributed by atoms with Gasteiger partial charge in [-0.1, -0.05) is 6.92 Å². The molecular weight excluding hydrogens is 248 g/mol. The lowest BCUT2D eigenvalue weighted by molar-refractivity contribution is -0.113. The van der Waals surface area contributed by atoms with Crippen LogP contribution >= 0.6 is 0 Å². The van der Waals surface area contributed by atoms with Crippen molar-refractivity contribution in [3.8, 4) is 0 Å². The second-order valence-electron chi connectivity index (χ2n) is 8.40. The number of hydrogen-bond donors (Lipinski definition) is 2. The van der Waals surface area contributed by atoms with Gasteiger partial charge in [-0.05, 0) is 79.6 Å². The van der Waals surface area contributed by atoms with Crippen LogP contribution in [0.4, 0.5) is 0 Å². The Hall–Kier alpha value is -0.540. The summed E-state index contributed by atoms with van der Waals surface area (Å²) in [4.78, 5) is 0. The first-order valence-electron chi connectivity index (χ1n) is 8.39. The monoisotopic (exact) mass is 276 g/mol. The van der Waals surface area contributed by atoms with E-state index in [1.165, 1.54) is 44.1 Å². The lowest BCUT2D eigenvalue weighted by Gasteiger charge is -2.63. The van der Waals surface area contributed by atoms with Crippen molar-refractivity contribution < 1.29 is 4.74 Å². The Balaban J connectivity index is 1.67. The van der Waals surface area contributed by atoms with Gasteiger partial charge in [0.2, 0.25) is 0 Å². The number of nitrogens with one attached hydrogen (secondary N) is 1. The van der Waals surface area contributed by atoms with E-state index < -0.39 is 0 Å². The Labute approximate surface area is 122 Å². The van der Waals surface area contributed by atoms with Crippen molar-refractivity contribution >= 4 is 0 Å². The average Bonchev–Trinajstić information content (AvgIpc) is 2.37. The van der Waals surface area contributed by atoms with Gasteiger partial charge in [0.05, 0.1) is 18.9 Å². The molecule has 4 saturated carbocycles. The molecule has 1 aliphatic heterocycles. The van der Waals surface area contributed by atoms with E-state index in [4.69, 9.17) is 10.6 Å². The van der Waals surface area contributed by atoms with E-state index in [9.17, 15) is 0 Å². The van der Waals surface area contributed by atoms with Gasteiger partial charge >= 0.3 is 0 Å². The van der Waals surface area contributed by atoms with Gasteiger partial charge in [0.25, 0.3) is 0 Å². The summed E-state index contributed by atoms with van der Waals surface area (Å²) in [7, 11) is 0. The van der Waals surface area contributed by atoms with Crippen LogP contribution in [-0.2, 0) is 4.74 Å². The maximum atomic E-state index is 6.02. The van der Waals surface area contributed by atoms with Gasteiger partial charge in [-0.3, -0.25) is 11.3 Å². The van der Waals surface area contributed by atoms with E-state index in [-0.39, 0.29) is 0 Å². The minimum atomic E-state index is 0.341. The van der Waals surface area contributed by atoms with Crippen molar-refractivity contribution in [2.45, 2.75) is 64.3 Å². The molecule has 5 rings (SSSR count). The van der Waals surface area contributed by atoms with Crippen LogP contribution in [0.25, 0.3) is 0 Å². The molecule has 0 aromatic carbocycles. The first kappa shape index (κ1) is 13.1. The van der Waals surface area contributed by atoms with Crippen LogP contribution < -0.4 is 11.3 Å². The van der Waals surface area contributed by atoms with Gasteiger partial charge in [0, 0.05) is 0 Å². The number of hydrazine groups is 1. The zero-order chi connectivity index (χ0) is 13.8. The van der Waals surface area contributed by atoms with Gasteiger partial charge in [0.1, 0.15) is 0 Å². The first-order valence-corrected chi connectivity index (χ1v) is 8.39. The maximum Gasteiger partial charge on any atom is 0.0876 e. The molecule has 3 N–H and O–H groups in total. The van der Waals surface area contributed by atoms with E-state index in [1.54, 1.807) is 0 Å². The first-order chi connectivity index (χ1) is 9.62. The minimum Gasteiger partial charge on any atom is -0.501 e. The van der Waals surface area contributed by atoms with Crippen LogP contribution in [0.2, 0.25) is 0 Å². The fourth-order valence-electron chi connectivity index (χ4n) is 6.61. The largest absolute Gasteiger partial charge is 0.501 e. The molecule has 3 heteroatoms. The van der Waals surface area contributed by atoms with E-state index in [2.05, 4.69) is 12.3 Å². The van der Waals surface area contributed by atoms with Crippen molar-refractivity contribution in [2.24, 2.45) is 28.5 Å². The zero-order valence-electron chi connectivity index (χ0n) is 12.7. The summed E-state index contributed by atoms with van der Waals surface area (Å²) in [6.45, 7) is 3.40. The summed E-state index contributed by atoms with van der Waals surface area (Å²) in [6.07, 6.45) is 12.8. The van der Waals surface area contributed by atoms with E-state index in [1.807, 2.05) is 6.26 Å².